The smallest absolute Gasteiger partial charge is 0.250 e. The van der Waals surface area contributed by atoms with Gasteiger partial charge in [0.25, 0.3) is 6.43 Å². The van der Waals surface area contributed by atoms with Crippen LogP contribution in [0.15, 0.2) is 0 Å². The lowest BCUT2D eigenvalue weighted by molar-refractivity contribution is 0.138. The maximum atomic E-state index is 11.8. The molecule has 0 aromatic heterocycles. The van der Waals surface area contributed by atoms with E-state index in [1.807, 2.05) is 6.92 Å². The van der Waals surface area contributed by atoms with Gasteiger partial charge in [-0.15, -0.1) is 0 Å². The van der Waals surface area contributed by atoms with Crippen LogP contribution in [0.2, 0.25) is 0 Å². The van der Waals surface area contributed by atoms with Crippen molar-refractivity contribution in [2.45, 2.75) is 45.1 Å². The molecule has 72 valence electrons. The summed E-state index contributed by atoms with van der Waals surface area (Å²) in [6, 6.07) is 0.265. The molecule has 0 aromatic carbocycles. The molecule has 1 nitrogen and oxygen atoms in total. The first-order valence-corrected chi connectivity index (χ1v) is 4.71. The van der Waals surface area contributed by atoms with E-state index < -0.39 is 6.43 Å². The van der Waals surface area contributed by atoms with Crippen molar-refractivity contribution in [3.8, 4) is 0 Å². The van der Waals surface area contributed by atoms with Crippen LogP contribution >= 0.6 is 0 Å². The van der Waals surface area contributed by atoms with Crippen LogP contribution in [0, 0.1) is 5.92 Å². The molecule has 1 atom stereocenters. The van der Waals surface area contributed by atoms with E-state index in [0.717, 1.165) is 0 Å². The zero-order valence-electron chi connectivity index (χ0n) is 7.52. The van der Waals surface area contributed by atoms with Crippen molar-refractivity contribution in [1.82, 2.24) is 5.32 Å². The van der Waals surface area contributed by atoms with Gasteiger partial charge in [-0.3, -0.25) is 0 Å². The Balaban J connectivity index is 2.13. The lowest BCUT2D eigenvalue weighted by Gasteiger charge is -2.19. The first kappa shape index (κ1) is 9.90. The molecule has 0 bridgehead atoms. The van der Waals surface area contributed by atoms with Gasteiger partial charge < -0.3 is 5.32 Å². The summed E-state index contributed by atoms with van der Waals surface area (Å²) >= 11 is 0. The minimum absolute atomic E-state index is 0.155. The van der Waals surface area contributed by atoms with Crippen LogP contribution in [-0.2, 0) is 0 Å². The standard InChI is InChI=1S/C9H17F2N/c1-7(12-6-9(10)11)8-4-2-3-5-8/h7-9,12H,2-6H2,1H3/t7-/m1/s1. The predicted octanol–water partition coefficient (Wildman–Crippen LogP) is 2.42. The molecular weight excluding hydrogens is 160 g/mol. The third kappa shape index (κ3) is 3.05. The van der Waals surface area contributed by atoms with Crippen LogP contribution in [0.3, 0.4) is 0 Å². The Morgan fingerprint density at radius 3 is 2.42 bits per heavy atom. The van der Waals surface area contributed by atoms with E-state index in [0.29, 0.717) is 5.92 Å². The average Bonchev–Trinajstić information content (AvgIpc) is 2.51. The Bertz CT molecular complexity index is 122. The Hall–Kier alpha value is -0.180. The number of rotatable bonds is 4. The normalized spacial score (nSPS) is 22.0. The van der Waals surface area contributed by atoms with Gasteiger partial charge in [0.05, 0.1) is 6.54 Å². The van der Waals surface area contributed by atoms with Gasteiger partial charge in [0.15, 0.2) is 0 Å². The second-order valence-corrected chi connectivity index (χ2v) is 3.63. The fraction of sp³-hybridized carbons (Fsp3) is 1.00. The highest BCUT2D eigenvalue weighted by Crippen LogP contribution is 2.27. The maximum Gasteiger partial charge on any atom is 0.250 e. The van der Waals surface area contributed by atoms with Crippen molar-refractivity contribution in [3.05, 3.63) is 0 Å². The monoisotopic (exact) mass is 177 g/mol. The second kappa shape index (κ2) is 4.75. The molecule has 1 aliphatic carbocycles. The highest BCUT2D eigenvalue weighted by Gasteiger charge is 2.21. The van der Waals surface area contributed by atoms with Gasteiger partial charge in [0.1, 0.15) is 0 Å². The summed E-state index contributed by atoms with van der Waals surface area (Å²) in [7, 11) is 0. The highest BCUT2D eigenvalue weighted by atomic mass is 19.3. The van der Waals surface area contributed by atoms with Crippen LogP contribution < -0.4 is 5.32 Å². The van der Waals surface area contributed by atoms with E-state index >= 15 is 0 Å². The molecule has 12 heavy (non-hydrogen) atoms. The lowest BCUT2D eigenvalue weighted by atomic mass is 10.00. The van der Waals surface area contributed by atoms with E-state index in [1.165, 1.54) is 25.7 Å². The molecule has 1 fully saturated rings. The van der Waals surface area contributed by atoms with E-state index in [2.05, 4.69) is 5.32 Å². The highest BCUT2D eigenvalue weighted by molar-refractivity contribution is 4.77. The molecule has 3 heteroatoms. The van der Waals surface area contributed by atoms with Gasteiger partial charge in [-0.2, -0.15) is 0 Å². The van der Waals surface area contributed by atoms with Crippen LogP contribution in [0.1, 0.15) is 32.6 Å². The van der Waals surface area contributed by atoms with Crippen molar-refractivity contribution < 1.29 is 8.78 Å². The number of hydrogen-bond acceptors (Lipinski definition) is 1. The fourth-order valence-electron chi connectivity index (χ4n) is 1.90. The quantitative estimate of drug-likeness (QED) is 0.695. The first-order chi connectivity index (χ1) is 5.70. The Morgan fingerprint density at radius 1 is 1.33 bits per heavy atom. The summed E-state index contributed by atoms with van der Waals surface area (Å²) in [5.41, 5.74) is 0. The molecule has 0 unspecified atom stereocenters. The molecule has 0 spiro atoms. The zero-order chi connectivity index (χ0) is 8.97. The minimum atomic E-state index is -2.21. The van der Waals surface area contributed by atoms with Gasteiger partial charge in [0, 0.05) is 6.04 Å². The van der Waals surface area contributed by atoms with Gasteiger partial charge in [-0.25, -0.2) is 8.78 Å². The summed E-state index contributed by atoms with van der Waals surface area (Å²) in [5, 5.41) is 2.87. The molecule has 1 aliphatic rings. The lowest BCUT2D eigenvalue weighted by Crippen LogP contribution is -2.35. The summed E-state index contributed by atoms with van der Waals surface area (Å²) < 4.78 is 23.6. The van der Waals surface area contributed by atoms with Gasteiger partial charge in [0.2, 0.25) is 0 Å². The summed E-state index contributed by atoms with van der Waals surface area (Å²) in [6.07, 6.45) is 2.74. The zero-order valence-corrected chi connectivity index (χ0v) is 7.52. The number of alkyl halides is 2. The molecule has 0 aliphatic heterocycles. The third-order valence-corrected chi connectivity index (χ3v) is 2.70. The molecular formula is C9H17F2N. The molecule has 0 heterocycles. The Morgan fingerprint density at radius 2 is 1.92 bits per heavy atom. The first-order valence-electron chi connectivity index (χ1n) is 4.71. The molecule has 0 saturated heterocycles. The predicted molar refractivity (Wildman–Crippen MR) is 45.4 cm³/mol. The van der Waals surface area contributed by atoms with Gasteiger partial charge in [-0.05, 0) is 25.7 Å². The number of hydrogen-bond donors (Lipinski definition) is 1. The Kier molecular flexibility index (Phi) is 3.92. The van der Waals surface area contributed by atoms with Crippen LogP contribution in [0.5, 0.6) is 0 Å². The van der Waals surface area contributed by atoms with Crippen molar-refractivity contribution in [1.29, 1.82) is 0 Å². The van der Waals surface area contributed by atoms with Crippen LogP contribution in [0.4, 0.5) is 8.78 Å². The summed E-state index contributed by atoms with van der Waals surface area (Å²) in [5.74, 6) is 0.628. The van der Waals surface area contributed by atoms with E-state index in [4.69, 9.17) is 0 Å². The number of halogens is 2. The summed E-state index contributed by atoms with van der Waals surface area (Å²) in [6.45, 7) is 1.86. The number of nitrogens with one attached hydrogen (secondary N) is 1. The van der Waals surface area contributed by atoms with Crippen molar-refractivity contribution in [2.24, 2.45) is 5.92 Å². The van der Waals surface area contributed by atoms with Crippen molar-refractivity contribution >= 4 is 0 Å². The molecule has 0 amide bonds. The van der Waals surface area contributed by atoms with Crippen LogP contribution in [0.25, 0.3) is 0 Å². The fourth-order valence-corrected chi connectivity index (χ4v) is 1.90. The SMILES string of the molecule is C[C@@H](NCC(F)F)C1CCCC1. The third-order valence-electron chi connectivity index (χ3n) is 2.70. The van der Waals surface area contributed by atoms with Gasteiger partial charge >= 0.3 is 0 Å². The van der Waals surface area contributed by atoms with E-state index in [-0.39, 0.29) is 12.6 Å². The largest absolute Gasteiger partial charge is 0.309 e. The topological polar surface area (TPSA) is 12.0 Å². The maximum absolute atomic E-state index is 11.8. The minimum Gasteiger partial charge on any atom is -0.309 e. The average molecular weight is 177 g/mol. The van der Waals surface area contributed by atoms with Crippen molar-refractivity contribution in [3.63, 3.8) is 0 Å². The molecule has 1 N–H and O–H groups in total. The molecule has 1 rings (SSSR count). The molecule has 1 saturated carbocycles. The Labute approximate surface area is 72.5 Å². The van der Waals surface area contributed by atoms with Crippen molar-refractivity contribution in [2.75, 3.05) is 6.54 Å². The van der Waals surface area contributed by atoms with E-state index in [1.54, 1.807) is 0 Å². The summed E-state index contributed by atoms with van der Waals surface area (Å²) in [4.78, 5) is 0. The molecule has 0 radical (unpaired) electrons. The van der Waals surface area contributed by atoms with Gasteiger partial charge in [-0.1, -0.05) is 12.8 Å². The van der Waals surface area contributed by atoms with E-state index in [9.17, 15) is 8.78 Å². The molecule has 0 aromatic rings. The second-order valence-electron chi connectivity index (χ2n) is 3.63. The van der Waals surface area contributed by atoms with Crippen LogP contribution in [-0.4, -0.2) is 19.0 Å².